The van der Waals surface area contributed by atoms with Crippen LogP contribution in [0, 0.1) is 0 Å². The molecule has 0 fully saturated rings. The highest BCUT2D eigenvalue weighted by Crippen LogP contribution is 2.13. The summed E-state index contributed by atoms with van der Waals surface area (Å²) in [5, 5.41) is 6.43. The minimum absolute atomic E-state index is 0.405. The highest BCUT2D eigenvalue weighted by molar-refractivity contribution is 7.13. The summed E-state index contributed by atoms with van der Waals surface area (Å²) in [7, 11) is 0. The second-order valence-corrected chi connectivity index (χ2v) is 4.66. The van der Waals surface area contributed by atoms with Gasteiger partial charge in [0.15, 0.2) is 11.0 Å². The lowest BCUT2D eigenvalue weighted by Gasteiger charge is -1.94. The summed E-state index contributed by atoms with van der Waals surface area (Å²) in [6.45, 7) is 2.98. The Bertz CT molecular complexity index is 483. The average Bonchev–Trinajstić information content (AvgIpc) is 2.96. The van der Waals surface area contributed by atoms with Gasteiger partial charge in [-0.25, -0.2) is 4.98 Å². The third-order valence-corrected chi connectivity index (χ3v) is 3.06. The van der Waals surface area contributed by atoms with Crippen LogP contribution in [-0.2, 0) is 24.2 Å². The van der Waals surface area contributed by atoms with Gasteiger partial charge in [-0.05, 0) is 19.8 Å². The highest BCUT2D eigenvalue weighted by Gasteiger charge is 2.06. The molecule has 0 aliphatic carbocycles. The number of anilines is 1. The fourth-order valence-electron chi connectivity index (χ4n) is 1.50. The number of rotatable bonds is 7. The van der Waals surface area contributed by atoms with E-state index in [0.29, 0.717) is 30.1 Å². The van der Waals surface area contributed by atoms with E-state index in [2.05, 4.69) is 15.1 Å². The molecule has 0 amide bonds. The van der Waals surface area contributed by atoms with E-state index in [1.807, 2.05) is 12.3 Å². The van der Waals surface area contributed by atoms with Crippen molar-refractivity contribution in [2.75, 3.05) is 12.3 Å². The molecule has 0 aromatic carbocycles. The van der Waals surface area contributed by atoms with Crippen LogP contribution in [0.25, 0.3) is 0 Å². The Morgan fingerprint density at radius 1 is 1.39 bits per heavy atom. The van der Waals surface area contributed by atoms with Crippen LogP contribution in [0.3, 0.4) is 0 Å². The van der Waals surface area contributed by atoms with E-state index >= 15 is 0 Å². The Hall–Kier alpha value is -1.47. The van der Waals surface area contributed by atoms with E-state index in [4.69, 9.17) is 15.0 Å². The van der Waals surface area contributed by atoms with Gasteiger partial charge in [0.1, 0.15) is 6.61 Å². The van der Waals surface area contributed by atoms with Crippen molar-refractivity contribution >= 4 is 16.5 Å². The molecule has 0 saturated heterocycles. The van der Waals surface area contributed by atoms with Gasteiger partial charge in [-0.2, -0.15) is 4.98 Å². The molecule has 2 rings (SSSR count). The van der Waals surface area contributed by atoms with Crippen molar-refractivity contribution < 1.29 is 9.26 Å². The molecule has 0 atom stereocenters. The molecule has 0 saturated carbocycles. The van der Waals surface area contributed by atoms with Crippen LogP contribution in [0.4, 0.5) is 5.13 Å². The molecule has 18 heavy (non-hydrogen) atoms. The number of nitrogens with two attached hydrogens (primary N) is 1. The highest BCUT2D eigenvalue weighted by atomic mass is 32.1. The quantitative estimate of drug-likeness (QED) is 0.824. The summed E-state index contributed by atoms with van der Waals surface area (Å²) in [5.41, 5.74) is 6.58. The Morgan fingerprint density at radius 2 is 2.28 bits per heavy atom. The minimum Gasteiger partial charge on any atom is -0.375 e. The zero-order valence-corrected chi connectivity index (χ0v) is 11.1. The summed E-state index contributed by atoms with van der Waals surface area (Å²) in [5.74, 6) is 1.25. The molecule has 0 unspecified atom stereocenters. The lowest BCUT2D eigenvalue weighted by Crippen LogP contribution is -1.95. The monoisotopic (exact) mass is 268 g/mol. The first-order valence-electron chi connectivity index (χ1n) is 5.87. The Labute approximate surface area is 109 Å². The van der Waals surface area contributed by atoms with Crippen molar-refractivity contribution in [3.63, 3.8) is 0 Å². The third-order valence-electron chi connectivity index (χ3n) is 2.34. The molecule has 0 bridgehead atoms. The fourth-order valence-corrected chi connectivity index (χ4v) is 2.10. The molecule has 0 radical (unpaired) electrons. The maximum atomic E-state index is 5.56. The van der Waals surface area contributed by atoms with Crippen molar-refractivity contribution in [3.05, 3.63) is 22.8 Å². The van der Waals surface area contributed by atoms with Crippen molar-refractivity contribution in [2.45, 2.75) is 32.8 Å². The van der Waals surface area contributed by atoms with Gasteiger partial charge in [0.2, 0.25) is 5.89 Å². The van der Waals surface area contributed by atoms with E-state index in [1.54, 1.807) is 0 Å². The summed E-state index contributed by atoms with van der Waals surface area (Å²) < 4.78 is 10.3. The normalized spacial score (nSPS) is 10.9. The van der Waals surface area contributed by atoms with Crippen molar-refractivity contribution in [3.8, 4) is 0 Å². The van der Waals surface area contributed by atoms with Crippen LogP contribution in [0.5, 0.6) is 0 Å². The second kappa shape index (κ2) is 6.46. The Balaban J connectivity index is 1.74. The van der Waals surface area contributed by atoms with Crippen LogP contribution in [0.2, 0.25) is 0 Å². The van der Waals surface area contributed by atoms with Gasteiger partial charge in [0.05, 0.1) is 5.69 Å². The Kier molecular flexibility index (Phi) is 4.66. The van der Waals surface area contributed by atoms with E-state index in [1.165, 1.54) is 11.3 Å². The van der Waals surface area contributed by atoms with Gasteiger partial charge in [0, 0.05) is 18.4 Å². The molecule has 2 aromatic rings. The van der Waals surface area contributed by atoms with Crippen LogP contribution < -0.4 is 5.73 Å². The minimum atomic E-state index is 0.405. The van der Waals surface area contributed by atoms with E-state index < -0.39 is 0 Å². The SMILES string of the molecule is CCOCc1noc(CCCc2csc(N)n2)n1. The van der Waals surface area contributed by atoms with Crippen LogP contribution in [-0.4, -0.2) is 21.7 Å². The van der Waals surface area contributed by atoms with Crippen molar-refractivity contribution in [1.82, 2.24) is 15.1 Å². The molecule has 6 nitrogen and oxygen atoms in total. The van der Waals surface area contributed by atoms with Gasteiger partial charge in [-0.15, -0.1) is 11.3 Å². The van der Waals surface area contributed by atoms with Gasteiger partial charge in [-0.3, -0.25) is 0 Å². The van der Waals surface area contributed by atoms with Gasteiger partial charge in [0.25, 0.3) is 0 Å². The molecule has 7 heteroatoms. The van der Waals surface area contributed by atoms with E-state index in [0.717, 1.165) is 25.0 Å². The second-order valence-electron chi connectivity index (χ2n) is 3.77. The number of hydrogen-bond donors (Lipinski definition) is 1. The largest absolute Gasteiger partial charge is 0.375 e. The molecule has 98 valence electrons. The molecule has 2 aromatic heterocycles. The number of thiazole rings is 1. The lowest BCUT2D eigenvalue weighted by atomic mass is 10.2. The summed E-state index contributed by atoms with van der Waals surface area (Å²) in [4.78, 5) is 8.44. The summed E-state index contributed by atoms with van der Waals surface area (Å²) in [6, 6.07) is 0. The predicted molar refractivity (Wildman–Crippen MR) is 68.2 cm³/mol. The molecular formula is C11H16N4O2S. The van der Waals surface area contributed by atoms with Crippen LogP contribution in [0.15, 0.2) is 9.90 Å². The standard InChI is InChI=1S/C11H16N4O2S/c1-2-16-6-9-14-10(17-15-9)5-3-4-8-7-18-11(12)13-8/h7H,2-6H2,1H3,(H2,12,13). The smallest absolute Gasteiger partial charge is 0.226 e. The van der Waals surface area contributed by atoms with Crippen molar-refractivity contribution in [2.24, 2.45) is 0 Å². The van der Waals surface area contributed by atoms with Crippen LogP contribution >= 0.6 is 11.3 Å². The number of ether oxygens (including phenoxy) is 1. The molecular weight excluding hydrogens is 252 g/mol. The number of aromatic nitrogens is 3. The number of aryl methyl sites for hydroxylation is 2. The number of nitrogen functional groups attached to an aromatic ring is 1. The van der Waals surface area contributed by atoms with E-state index in [-0.39, 0.29) is 0 Å². The maximum Gasteiger partial charge on any atom is 0.226 e. The predicted octanol–water partition coefficient (Wildman–Crippen LogP) is 1.82. The zero-order chi connectivity index (χ0) is 12.8. The third kappa shape index (κ3) is 3.78. The number of hydrogen-bond acceptors (Lipinski definition) is 7. The summed E-state index contributed by atoms with van der Waals surface area (Å²) in [6.07, 6.45) is 2.53. The molecule has 2 N–H and O–H groups in total. The maximum absolute atomic E-state index is 5.56. The Morgan fingerprint density at radius 3 is 3.00 bits per heavy atom. The molecule has 2 heterocycles. The van der Waals surface area contributed by atoms with Gasteiger partial charge < -0.3 is 15.0 Å². The first-order valence-corrected chi connectivity index (χ1v) is 6.75. The lowest BCUT2D eigenvalue weighted by molar-refractivity contribution is 0.126. The summed E-state index contributed by atoms with van der Waals surface area (Å²) >= 11 is 1.46. The van der Waals surface area contributed by atoms with Crippen molar-refractivity contribution in [1.29, 1.82) is 0 Å². The van der Waals surface area contributed by atoms with Crippen LogP contribution in [0.1, 0.15) is 30.8 Å². The van der Waals surface area contributed by atoms with Gasteiger partial charge >= 0.3 is 0 Å². The number of nitrogens with zero attached hydrogens (tertiary/aromatic N) is 3. The molecule has 0 aliphatic rings. The fraction of sp³-hybridized carbons (Fsp3) is 0.545. The van der Waals surface area contributed by atoms with E-state index in [9.17, 15) is 0 Å². The first-order chi connectivity index (χ1) is 8.78. The topological polar surface area (TPSA) is 87.1 Å². The van der Waals surface area contributed by atoms with Gasteiger partial charge in [-0.1, -0.05) is 5.16 Å². The molecule has 0 aliphatic heterocycles. The average molecular weight is 268 g/mol. The zero-order valence-electron chi connectivity index (χ0n) is 10.3. The molecule has 0 spiro atoms. The first kappa shape index (κ1) is 13.0.